The third kappa shape index (κ3) is 2.73. The van der Waals surface area contributed by atoms with E-state index >= 15 is 0 Å². The van der Waals surface area contributed by atoms with E-state index in [1.54, 1.807) is 12.1 Å². The monoisotopic (exact) mass is 260 g/mol. The summed E-state index contributed by atoms with van der Waals surface area (Å²) in [5, 5.41) is 7.15. The summed E-state index contributed by atoms with van der Waals surface area (Å²) in [6.45, 7) is 5.76. The Labute approximate surface area is 111 Å². The van der Waals surface area contributed by atoms with Crippen LogP contribution < -0.4 is 11.1 Å². The summed E-state index contributed by atoms with van der Waals surface area (Å²) in [5.41, 5.74) is 7.41. The predicted molar refractivity (Wildman–Crippen MR) is 70.8 cm³/mol. The normalized spacial score (nSPS) is 12.2. The molecule has 2 heterocycles. The molecule has 0 aromatic carbocycles. The highest BCUT2D eigenvalue weighted by Crippen LogP contribution is 2.24. The number of primary amides is 1. The maximum atomic E-state index is 11.0. The molecule has 0 fully saturated rings. The molecule has 0 aliphatic heterocycles. The highest BCUT2D eigenvalue weighted by atomic mass is 16.5. The van der Waals surface area contributed by atoms with Gasteiger partial charge >= 0.3 is 0 Å². The van der Waals surface area contributed by atoms with Gasteiger partial charge < -0.3 is 15.6 Å². The fourth-order valence-corrected chi connectivity index (χ4v) is 2.03. The minimum atomic E-state index is -0.488. The van der Waals surface area contributed by atoms with Crippen molar-refractivity contribution in [2.75, 3.05) is 5.32 Å². The van der Waals surface area contributed by atoms with Gasteiger partial charge in [-0.2, -0.15) is 0 Å². The van der Waals surface area contributed by atoms with E-state index < -0.39 is 5.91 Å². The van der Waals surface area contributed by atoms with Gasteiger partial charge in [0.2, 0.25) is 5.91 Å². The Balaban J connectivity index is 2.15. The molecule has 0 bridgehead atoms. The lowest BCUT2D eigenvalue weighted by Gasteiger charge is -2.14. The summed E-state index contributed by atoms with van der Waals surface area (Å²) in [5.74, 6) is 0.960. The van der Waals surface area contributed by atoms with Gasteiger partial charge in [-0.1, -0.05) is 5.16 Å². The van der Waals surface area contributed by atoms with Gasteiger partial charge in [-0.05, 0) is 32.9 Å². The van der Waals surface area contributed by atoms with E-state index in [9.17, 15) is 4.79 Å². The van der Waals surface area contributed by atoms with Crippen molar-refractivity contribution in [1.82, 2.24) is 10.1 Å². The molecule has 6 nitrogen and oxygen atoms in total. The van der Waals surface area contributed by atoms with Crippen molar-refractivity contribution in [3.63, 3.8) is 0 Å². The van der Waals surface area contributed by atoms with Gasteiger partial charge in [0.05, 0.1) is 17.3 Å². The Hall–Kier alpha value is -2.37. The molecule has 100 valence electrons. The minimum absolute atomic E-state index is 0.0122. The molecule has 0 radical (unpaired) electrons. The van der Waals surface area contributed by atoms with E-state index in [0.717, 1.165) is 17.0 Å². The maximum Gasteiger partial charge on any atom is 0.250 e. The number of pyridine rings is 1. The fourth-order valence-electron chi connectivity index (χ4n) is 2.03. The van der Waals surface area contributed by atoms with E-state index in [0.29, 0.717) is 11.4 Å². The molecular formula is C13H16N4O2. The number of carbonyl (C=O) groups is 1. The van der Waals surface area contributed by atoms with Crippen LogP contribution in [-0.4, -0.2) is 16.0 Å². The van der Waals surface area contributed by atoms with E-state index in [1.165, 1.54) is 6.20 Å². The number of aromatic nitrogens is 2. The summed E-state index contributed by atoms with van der Waals surface area (Å²) in [7, 11) is 0. The quantitative estimate of drug-likeness (QED) is 0.876. The number of hydrogen-bond acceptors (Lipinski definition) is 5. The van der Waals surface area contributed by atoms with Crippen molar-refractivity contribution in [2.45, 2.75) is 26.8 Å². The highest BCUT2D eigenvalue weighted by Gasteiger charge is 2.16. The molecule has 19 heavy (non-hydrogen) atoms. The van der Waals surface area contributed by atoms with Crippen LogP contribution in [-0.2, 0) is 0 Å². The number of carbonyl (C=O) groups excluding carboxylic acids is 1. The van der Waals surface area contributed by atoms with Gasteiger partial charge in [0, 0.05) is 11.8 Å². The zero-order valence-electron chi connectivity index (χ0n) is 11.1. The molecule has 0 saturated heterocycles. The molecule has 0 aliphatic rings. The molecule has 2 rings (SSSR count). The molecular weight excluding hydrogens is 244 g/mol. The van der Waals surface area contributed by atoms with Crippen molar-refractivity contribution in [3.8, 4) is 0 Å². The third-order valence-electron chi connectivity index (χ3n) is 2.93. The standard InChI is InChI=1S/C13H16N4O2/c1-7(12-8(2)17-19-9(12)3)16-11-5-4-10(6-15-11)13(14)18/h4-7H,1-3H3,(H2,14,18)(H,15,16). The summed E-state index contributed by atoms with van der Waals surface area (Å²) in [4.78, 5) is 15.1. The largest absolute Gasteiger partial charge is 0.366 e. The predicted octanol–water partition coefficient (Wildman–Crippen LogP) is 1.96. The van der Waals surface area contributed by atoms with E-state index in [2.05, 4.69) is 15.5 Å². The van der Waals surface area contributed by atoms with Crippen molar-refractivity contribution in [3.05, 3.63) is 40.9 Å². The molecule has 0 spiro atoms. The van der Waals surface area contributed by atoms with Gasteiger partial charge in [0.1, 0.15) is 11.6 Å². The smallest absolute Gasteiger partial charge is 0.250 e. The van der Waals surface area contributed by atoms with E-state index in [1.807, 2.05) is 20.8 Å². The van der Waals surface area contributed by atoms with E-state index in [4.69, 9.17) is 10.3 Å². The van der Waals surface area contributed by atoms with Crippen LogP contribution in [0, 0.1) is 13.8 Å². The van der Waals surface area contributed by atoms with Gasteiger partial charge in [-0.25, -0.2) is 4.98 Å². The lowest BCUT2D eigenvalue weighted by Crippen LogP contribution is -2.13. The first-order valence-corrected chi connectivity index (χ1v) is 5.94. The number of amides is 1. The second-order valence-electron chi connectivity index (χ2n) is 4.40. The summed E-state index contributed by atoms with van der Waals surface area (Å²) < 4.78 is 5.13. The Bertz CT molecular complexity index is 570. The molecule has 3 N–H and O–H groups in total. The third-order valence-corrected chi connectivity index (χ3v) is 2.93. The van der Waals surface area contributed by atoms with Crippen molar-refractivity contribution in [2.24, 2.45) is 5.73 Å². The van der Waals surface area contributed by atoms with Crippen molar-refractivity contribution < 1.29 is 9.32 Å². The van der Waals surface area contributed by atoms with Gasteiger partial charge in [0.15, 0.2) is 0 Å². The van der Waals surface area contributed by atoms with Crippen molar-refractivity contribution in [1.29, 1.82) is 0 Å². The molecule has 1 atom stereocenters. The van der Waals surface area contributed by atoms with Gasteiger partial charge in [0.25, 0.3) is 0 Å². The molecule has 6 heteroatoms. The van der Waals surface area contributed by atoms with Crippen LogP contribution in [0.1, 0.15) is 40.3 Å². The first kappa shape index (κ1) is 13.1. The number of aryl methyl sites for hydroxylation is 2. The Morgan fingerprint density at radius 1 is 1.42 bits per heavy atom. The minimum Gasteiger partial charge on any atom is -0.366 e. The highest BCUT2D eigenvalue weighted by molar-refractivity contribution is 5.92. The first-order valence-electron chi connectivity index (χ1n) is 5.94. The maximum absolute atomic E-state index is 11.0. The molecule has 1 unspecified atom stereocenters. The van der Waals surface area contributed by atoms with Crippen molar-refractivity contribution >= 4 is 11.7 Å². The molecule has 1 amide bonds. The van der Waals surface area contributed by atoms with Crippen LogP contribution in [0.15, 0.2) is 22.9 Å². The second-order valence-corrected chi connectivity index (χ2v) is 4.40. The number of nitrogens with zero attached hydrogens (tertiary/aromatic N) is 2. The van der Waals surface area contributed by atoms with Crippen LogP contribution >= 0.6 is 0 Å². The Morgan fingerprint density at radius 3 is 2.63 bits per heavy atom. The van der Waals surface area contributed by atoms with Crippen LogP contribution in [0.2, 0.25) is 0 Å². The average Bonchev–Trinajstić information content (AvgIpc) is 2.69. The van der Waals surface area contributed by atoms with Gasteiger partial charge in [-0.15, -0.1) is 0 Å². The molecule has 0 aliphatic carbocycles. The zero-order chi connectivity index (χ0) is 14.0. The summed E-state index contributed by atoms with van der Waals surface area (Å²) in [6, 6.07) is 3.37. The SMILES string of the molecule is Cc1noc(C)c1C(C)Nc1ccc(C(N)=O)cn1. The summed E-state index contributed by atoms with van der Waals surface area (Å²) in [6.07, 6.45) is 1.45. The summed E-state index contributed by atoms with van der Waals surface area (Å²) >= 11 is 0. The lowest BCUT2D eigenvalue weighted by atomic mass is 10.1. The number of rotatable bonds is 4. The average molecular weight is 260 g/mol. The topological polar surface area (TPSA) is 94.0 Å². The number of nitrogens with two attached hydrogens (primary N) is 1. The lowest BCUT2D eigenvalue weighted by molar-refractivity contribution is 0.1000. The number of anilines is 1. The Kier molecular flexibility index (Phi) is 3.50. The second kappa shape index (κ2) is 5.09. The van der Waals surface area contributed by atoms with Crippen LogP contribution in [0.4, 0.5) is 5.82 Å². The number of nitrogens with one attached hydrogen (secondary N) is 1. The van der Waals surface area contributed by atoms with Crippen LogP contribution in [0.25, 0.3) is 0 Å². The molecule has 0 saturated carbocycles. The van der Waals surface area contributed by atoms with Crippen LogP contribution in [0.3, 0.4) is 0 Å². The Morgan fingerprint density at radius 2 is 2.16 bits per heavy atom. The molecule has 2 aromatic heterocycles. The first-order chi connectivity index (χ1) is 8.99. The van der Waals surface area contributed by atoms with Gasteiger partial charge in [-0.3, -0.25) is 4.79 Å². The zero-order valence-corrected chi connectivity index (χ0v) is 11.1. The number of hydrogen-bond donors (Lipinski definition) is 2. The van der Waals surface area contributed by atoms with E-state index in [-0.39, 0.29) is 6.04 Å². The molecule has 2 aromatic rings. The van der Waals surface area contributed by atoms with Crippen LogP contribution in [0.5, 0.6) is 0 Å². The fraction of sp³-hybridized carbons (Fsp3) is 0.308.